The van der Waals surface area contributed by atoms with Crippen LogP contribution in [0.3, 0.4) is 0 Å². The Morgan fingerprint density at radius 3 is 2.79 bits per heavy atom. The fraction of sp³-hybridized carbons (Fsp3) is 0.176. The molecule has 0 unspecified atom stereocenters. The van der Waals surface area contributed by atoms with Crippen LogP contribution in [0.15, 0.2) is 42.5 Å². The first kappa shape index (κ1) is 16.1. The monoisotopic (exact) mass is 346 g/mol. The summed E-state index contributed by atoms with van der Waals surface area (Å²) in [5, 5.41) is 6.03. The molecule has 1 aliphatic rings. The van der Waals surface area contributed by atoms with Crippen molar-refractivity contribution in [1.82, 2.24) is 0 Å². The molecule has 2 aromatic rings. The SMILES string of the molecule is C[C@H]1Oc2ccc(NC(=O)COc3ccc(Cl)cc3)cc2NC1=O. The number of hydrogen-bond donors (Lipinski definition) is 2. The minimum atomic E-state index is -0.536. The van der Waals surface area contributed by atoms with Crippen LogP contribution in [-0.2, 0) is 9.59 Å². The number of benzene rings is 2. The fourth-order valence-electron chi connectivity index (χ4n) is 2.16. The van der Waals surface area contributed by atoms with Gasteiger partial charge in [0.15, 0.2) is 12.7 Å². The van der Waals surface area contributed by atoms with Crippen LogP contribution >= 0.6 is 11.6 Å². The molecule has 0 saturated carbocycles. The molecule has 2 aromatic carbocycles. The standard InChI is InChI=1S/C17H15ClN2O4/c1-10-17(22)20-14-8-12(4-7-15(14)24-10)19-16(21)9-23-13-5-2-11(18)3-6-13/h2-8,10H,9H2,1H3,(H,19,21)(H,20,22)/t10-/m1/s1. The van der Waals surface area contributed by atoms with Gasteiger partial charge in [-0.25, -0.2) is 0 Å². The van der Waals surface area contributed by atoms with E-state index in [9.17, 15) is 9.59 Å². The number of carbonyl (C=O) groups excluding carboxylic acids is 2. The van der Waals surface area contributed by atoms with Crippen LogP contribution in [0.4, 0.5) is 11.4 Å². The molecule has 0 radical (unpaired) electrons. The highest BCUT2D eigenvalue weighted by Gasteiger charge is 2.23. The van der Waals surface area contributed by atoms with Gasteiger partial charge in [0.1, 0.15) is 11.5 Å². The van der Waals surface area contributed by atoms with E-state index in [4.69, 9.17) is 21.1 Å². The lowest BCUT2D eigenvalue weighted by atomic mass is 10.2. The zero-order valence-corrected chi connectivity index (χ0v) is 13.6. The highest BCUT2D eigenvalue weighted by Crippen LogP contribution is 2.32. The van der Waals surface area contributed by atoms with Crippen molar-refractivity contribution in [2.75, 3.05) is 17.2 Å². The number of fused-ring (bicyclic) bond motifs is 1. The number of amides is 2. The molecule has 0 aliphatic carbocycles. The second kappa shape index (κ2) is 6.80. The second-order valence-corrected chi connectivity index (χ2v) is 5.69. The molecular weight excluding hydrogens is 332 g/mol. The van der Waals surface area contributed by atoms with Crippen molar-refractivity contribution < 1.29 is 19.1 Å². The summed E-state index contributed by atoms with van der Waals surface area (Å²) in [6, 6.07) is 11.8. The summed E-state index contributed by atoms with van der Waals surface area (Å²) in [5.41, 5.74) is 1.06. The maximum absolute atomic E-state index is 12.0. The smallest absolute Gasteiger partial charge is 0.265 e. The van der Waals surface area contributed by atoms with Gasteiger partial charge in [0.25, 0.3) is 11.8 Å². The van der Waals surface area contributed by atoms with Gasteiger partial charge >= 0.3 is 0 Å². The van der Waals surface area contributed by atoms with E-state index in [1.165, 1.54) is 0 Å². The Hall–Kier alpha value is -2.73. The van der Waals surface area contributed by atoms with Crippen molar-refractivity contribution in [3.63, 3.8) is 0 Å². The van der Waals surface area contributed by atoms with E-state index in [1.54, 1.807) is 49.4 Å². The highest BCUT2D eigenvalue weighted by molar-refractivity contribution is 6.30. The first-order valence-electron chi connectivity index (χ1n) is 7.31. The summed E-state index contributed by atoms with van der Waals surface area (Å²) >= 11 is 5.78. The fourth-order valence-corrected chi connectivity index (χ4v) is 2.29. The van der Waals surface area contributed by atoms with E-state index in [1.807, 2.05) is 0 Å². The quantitative estimate of drug-likeness (QED) is 0.892. The van der Waals surface area contributed by atoms with Gasteiger partial charge < -0.3 is 20.1 Å². The van der Waals surface area contributed by atoms with Crippen LogP contribution < -0.4 is 20.1 Å². The minimum absolute atomic E-state index is 0.140. The maximum Gasteiger partial charge on any atom is 0.265 e. The van der Waals surface area contributed by atoms with Gasteiger partial charge in [0.05, 0.1) is 5.69 Å². The van der Waals surface area contributed by atoms with Crippen molar-refractivity contribution in [3.8, 4) is 11.5 Å². The number of rotatable bonds is 4. The molecule has 1 atom stereocenters. The van der Waals surface area contributed by atoms with Gasteiger partial charge in [-0.3, -0.25) is 9.59 Å². The predicted molar refractivity (Wildman–Crippen MR) is 90.7 cm³/mol. The van der Waals surface area contributed by atoms with Crippen LogP contribution in [0.5, 0.6) is 11.5 Å². The summed E-state index contributed by atoms with van der Waals surface area (Å²) < 4.78 is 10.8. The average molecular weight is 347 g/mol. The van der Waals surface area contributed by atoms with Gasteiger partial charge in [-0.05, 0) is 49.4 Å². The topological polar surface area (TPSA) is 76.7 Å². The summed E-state index contributed by atoms with van der Waals surface area (Å²) in [6.45, 7) is 1.53. The van der Waals surface area contributed by atoms with Crippen LogP contribution in [0.1, 0.15) is 6.92 Å². The number of ether oxygens (including phenoxy) is 2. The van der Waals surface area contributed by atoms with E-state index in [0.29, 0.717) is 27.9 Å². The lowest BCUT2D eigenvalue weighted by Gasteiger charge is -2.23. The number of anilines is 2. The molecule has 2 N–H and O–H groups in total. The zero-order valence-electron chi connectivity index (χ0n) is 12.8. The van der Waals surface area contributed by atoms with Crippen LogP contribution in [0.2, 0.25) is 5.02 Å². The van der Waals surface area contributed by atoms with Crippen LogP contribution in [-0.4, -0.2) is 24.5 Å². The van der Waals surface area contributed by atoms with Gasteiger partial charge in [-0.15, -0.1) is 0 Å². The molecule has 2 amide bonds. The lowest BCUT2D eigenvalue weighted by Crippen LogP contribution is -2.34. The van der Waals surface area contributed by atoms with E-state index < -0.39 is 6.10 Å². The Bertz CT molecular complexity index is 777. The van der Waals surface area contributed by atoms with Crippen LogP contribution in [0.25, 0.3) is 0 Å². The van der Waals surface area contributed by atoms with E-state index in [-0.39, 0.29) is 18.4 Å². The maximum atomic E-state index is 12.0. The molecule has 124 valence electrons. The molecule has 0 aromatic heterocycles. The Morgan fingerprint density at radius 1 is 1.29 bits per heavy atom. The first-order valence-corrected chi connectivity index (χ1v) is 7.69. The van der Waals surface area contributed by atoms with Crippen molar-refractivity contribution in [3.05, 3.63) is 47.5 Å². The normalized spacial score (nSPS) is 15.8. The second-order valence-electron chi connectivity index (χ2n) is 5.25. The van der Waals surface area contributed by atoms with Crippen molar-refractivity contribution in [2.45, 2.75) is 13.0 Å². The van der Waals surface area contributed by atoms with Gasteiger partial charge in [0, 0.05) is 10.7 Å². The third-order valence-corrected chi connectivity index (χ3v) is 3.63. The zero-order chi connectivity index (χ0) is 17.1. The predicted octanol–water partition coefficient (Wildman–Crippen LogP) is 3.08. The first-order chi connectivity index (χ1) is 11.5. The van der Waals surface area contributed by atoms with E-state index in [2.05, 4.69) is 10.6 Å². The Balaban J connectivity index is 1.59. The van der Waals surface area contributed by atoms with E-state index in [0.717, 1.165) is 0 Å². The number of halogens is 1. The van der Waals surface area contributed by atoms with Gasteiger partial charge in [-0.1, -0.05) is 11.6 Å². The largest absolute Gasteiger partial charge is 0.484 e. The molecule has 0 bridgehead atoms. The molecule has 0 spiro atoms. The van der Waals surface area contributed by atoms with Crippen molar-refractivity contribution in [2.24, 2.45) is 0 Å². The number of nitrogens with one attached hydrogen (secondary N) is 2. The Kier molecular flexibility index (Phi) is 4.57. The third kappa shape index (κ3) is 3.78. The molecule has 6 nitrogen and oxygen atoms in total. The summed E-state index contributed by atoms with van der Waals surface area (Å²) in [7, 11) is 0. The average Bonchev–Trinajstić information content (AvgIpc) is 2.56. The lowest BCUT2D eigenvalue weighted by molar-refractivity contribution is -0.122. The van der Waals surface area contributed by atoms with Gasteiger partial charge in [0.2, 0.25) is 0 Å². The molecule has 7 heteroatoms. The molecule has 1 heterocycles. The summed E-state index contributed by atoms with van der Waals surface area (Å²) in [4.78, 5) is 23.6. The highest BCUT2D eigenvalue weighted by atomic mass is 35.5. The van der Waals surface area contributed by atoms with Gasteiger partial charge in [-0.2, -0.15) is 0 Å². The van der Waals surface area contributed by atoms with E-state index >= 15 is 0 Å². The summed E-state index contributed by atoms with van der Waals surface area (Å²) in [6.07, 6.45) is -0.536. The molecular formula is C17H15ClN2O4. The molecule has 0 fully saturated rings. The molecule has 24 heavy (non-hydrogen) atoms. The minimum Gasteiger partial charge on any atom is -0.484 e. The Labute approximate surface area is 143 Å². The van der Waals surface area contributed by atoms with Crippen molar-refractivity contribution >= 4 is 34.8 Å². The van der Waals surface area contributed by atoms with Crippen molar-refractivity contribution in [1.29, 1.82) is 0 Å². The summed E-state index contributed by atoms with van der Waals surface area (Å²) in [5.74, 6) is 0.575. The Morgan fingerprint density at radius 2 is 2.04 bits per heavy atom. The molecule has 3 rings (SSSR count). The molecule has 1 aliphatic heterocycles. The van der Waals surface area contributed by atoms with Crippen LogP contribution in [0, 0.1) is 0 Å². The third-order valence-electron chi connectivity index (χ3n) is 3.38. The number of hydrogen-bond acceptors (Lipinski definition) is 4. The number of carbonyl (C=O) groups is 2. The molecule has 0 saturated heterocycles.